The zero-order chi connectivity index (χ0) is 15.0. The highest BCUT2D eigenvalue weighted by molar-refractivity contribution is 6.30. The Kier molecular flexibility index (Phi) is 3.16. The fraction of sp³-hybridized carbons (Fsp3) is 0.154. The second-order valence-corrected chi connectivity index (χ2v) is 4.91. The molecule has 0 amide bonds. The third kappa shape index (κ3) is 2.37. The molecule has 3 aromatic rings. The van der Waals surface area contributed by atoms with Crippen molar-refractivity contribution in [3.8, 4) is 6.07 Å². The number of fused-ring (bicyclic) bond motifs is 1. The summed E-state index contributed by atoms with van der Waals surface area (Å²) in [5.41, 5.74) is 9.67. The molecule has 0 bridgehead atoms. The maximum atomic E-state index is 8.94. The van der Waals surface area contributed by atoms with Crippen LogP contribution < -0.4 is 5.73 Å². The number of aryl methyl sites for hydroxylation is 1. The van der Waals surface area contributed by atoms with Crippen LogP contribution in [0.3, 0.4) is 0 Å². The molecule has 0 aliphatic heterocycles. The summed E-state index contributed by atoms with van der Waals surface area (Å²) < 4.78 is 4.64. The summed E-state index contributed by atoms with van der Waals surface area (Å²) in [7, 11) is 0. The van der Waals surface area contributed by atoms with Gasteiger partial charge in [-0.1, -0.05) is 11.6 Å². The number of nitrogens with zero attached hydrogens (tertiary/aromatic N) is 5. The van der Waals surface area contributed by atoms with E-state index in [9.17, 15) is 0 Å². The molecule has 0 saturated heterocycles. The number of aromatic nitrogens is 4. The van der Waals surface area contributed by atoms with Crippen LogP contribution in [0.15, 0.2) is 16.8 Å². The topological polar surface area (TPSA) is 115 Å². The van der Waals surface area contributed by atoms with E-state index >= 15 is 0 Å². The summed E-state index contributed by atoms with van der Waals surface area (Å²) in [6.07, 6.45) is 0.392. The van der Waals surface area contributed by atoms with Crippen LogP contribution in [0.4, 0.5) is 5.69 Å². The largest absolute Gasteiger partial charge is 0.396 e. The molecule has 0 atom stereocenters. The summed E-state index contributed by atoms with van der Waals surface area (Å²) in [6.45, 7) is 1.82. The van der Waals surface area contributed by atoms with Gasteiger partial charge in [-0.25, -0.2) is 14.6 Å². The van der Waals surface area contributed by atoms with Crippen LogP contribution in [0, 0.1) is 18.3 Å². The van der Waals surface area contributed by atoms with Gasteiger partial charge < -0.3 is 5.73 Å². The molecule has 0 unspecified atom stereocenters. The fourth-order valence-corrected chi connectivity index (χ4v) is 2.32. The van der Waals surface area contributed by atoms with Crippen LogP contribution in [0.5, 0.6) is 0 Å². The first kappa shape index (κ1) is 13.3. The number of anilines is 1. The van der Waals surface area contributed by atoms with Crippen molar-refractivity contribution in [2.75, 3.05) is 5.73 Å². The highest BCUT2D eigenvalue weighted by Crippen LogP contribution is 2.26. The second-order valence-electron chi connectivity index (χ2n) is 4.48. The molecule has 8 heteroatoms. The third-order valence-corrected chi connectivity index (χ3v) is 3.30. The van der Waals surface area contributed by atoms with E-state index in [2.05, 4.69) is 24.9 Å². The number of hydrogen-bond acceptors (Lipinski definition) is 7. The van der Waals surface area contributed by atoms with E-state index in [-0.39, 0.29) is 5.69 Å². The van der Waals surface area contributed by atoms with Crippen LogP contribution in [0.1, 0.15) is 22.6 Å². The number of nitrogens with two attached hydrogens (primary N) is 1. The minimum atomic E-state index is 0.255. The molecule has 0 aliphatic rings. The van der Waals surface area contributed by atoms with Gasteiger partial charge in [0.2, 0.25) is 5.65 Å². The maximum absolute atomic E-state index is 8.94. The first-order valence-electron chi connectivity index (χ1n) is 6.02. The number of hydrogen-bond donors (Lipinski definition) is 1. The average Bonchev–Trinajstić information content (AvgIpc) is 2.91. The predicted octanol–water partition coefficient (Wildman–Crippen LogP) is 2.02. The van der Waals surface area contributed by atoms with Crippen LogP contribution in [0.25, 0.3) is 11.2 Å². The van der Waals surface area contributed by atoms with Gasteiger partial charge in [0, 0.05) is 28.4 Å². The molecule has 21 heavy (non-hydrogen) atoms. The smallest absolute Gasteiger partial charge is 0.226 e. The Morgan fingerprint density at radius 3 is 2.90 bits per heavy atom. The molecule has 0 fully saturated rings. The lowest BCUT2D eigenvalue weighted by molar-refractivity contribution is 0.315. The predicted molar refractivity (Wildman–Crippen MR) is 75.5 cm³/mol. The lowest BCUT2D eigenvalue weighted by Crippen LogP contribution is -2.04. The average molecular weight is 301 g/mol. The van der Waals surface area contributed by atoms with E-state index < -0.39 is 0 Å². The van der Waals surface area contributed by atoms with Gasteiger partial charge in [-0.15, -0.1) is 0 Å². The summed E-state index contributed by atoms with van der Waals surface area (Å²) in [5.74, 6) is 0. The molecule has 7 nitrogen and oxygen atoms in total. The zero-order valence-electron chi connectivity index (χ0n) is 11.0. The molecule has 3 heterocycles. The number of pyridine rings is 2. The van der Waals surface area contributed by atoms with Gasteiger partial charge in [0.15, 0.2) is 5.52 Å². The van der Waals surface area contributed by atoms with Gasteiger partial charge in [-0.05, 0) is 29.4 Å². The molecule has 0 saturated carbocycles. The van der Waals surface area contributed by atoms with E-state index in [0.717, 1.165) is 5.56 Å². The molecule has 3 aromatic heterocycles. The van der Waals surface area contributed by atoms with Crippen molar-refractivity contribution in [3.05, 3.63) is 39.8 Å². The van der Waals surface area contributed by atoms with Crippen molar-refractivity contribution in [2.24, 2.45) is 0 Å². The molecule has 104 valence electrons. The van der Waals surface area contributed by atoms with Crippen LogP contribution in [-0.2, 0) is 6.42 Å². The molecule has 0 aromatic carbocycles. The summed E-state index contributed by atoms with van der Waals surface area (Å²) in [4.78, 5) is 8.49. The number of halogens is 1. The van der Waals surface area contributed by atoms with Gasteiger partial charge in [0.05, 0.1) is 5.69 Å². The summed E-state index contributed by atoms with van der Waals surface area (Å²) >= 11 is 5.98. The SMILES string of the molecule is Cc1nc2nonc2c(N)c1Cc1cc(Cl)cc(C#N)n1. The fourth-order valence-electron chi connectivity index (χ4n) is 2.09. The normalized spacial score (nSPS) is 10.7. The Labute approximate surface area is 124 Å². The van der Waals surface area contributed by atoms with Gasteiger partial charge in [-0.2, -0.15) is 5.26 Å². The Balaban J connectivity index is 2.10. The Morgan fingerprint density at radius 1 is 1.33 bits per heavy atom. The number of rotatable bonds is 2. The highest BCUT2D eigenvalue weighted by Gasteiger charge is 2.15. The van der Waals surface area contributed by atoms with Crippen LogP contribution in [-0.4, -0.2) is 20.3 Å². The molecule has 2 N–H and O–H groups in total. The molecular formula is C13H9ClN6O. The van der Waals surface area contributed by atoms with Crippen molar-refractivity contribution < 1.29 is 4.63 Å². The van der Waals surface area contributed by atoms with Gasteiger partial charge in [0.25, 0.3) is 0 Å². The quantitative estimate of drug-likeness (QED) is 0.769. The highest BCUT2D eigenvalue weighted by atomic mass is 35.5. The van der Waals surface area contributed by atoms with Crippen LogP contribution in [0.2, 0.25) is 5.02 Å². The van der Waals surface area contributed by atoms with Crippen molar-refractivity contribution in [1.29, 1.82) is 5.26 Å². The first-order valence-corrected chi connectivity index (χ1v) is 6.40. The Bertz CT molecular complexity index is 882. The molecule has 0 spiro atoms. The van der Waals surface area contributed by atoms with E-state index in [1.165, 1.54) is 6.07 Å². The Morgan fingerprint density at radius 2 is 2.14 bits per heavy atom. The molecular weight excluding hydrogens is 292 g/mol. The van der Waals surface area contributed by atoms with E-state index in [1.54, 1.807) is 6.07 Å². The van der Waals surface area contributed by atoms with Crippen molar-refractivity contribution in [3.63, 3.8) is 0 Å². The van der Waals surface area contributed by atoms with Crippen molar-refractivity contribution >= 4 is 28.5 Å². The van der Waals surface area contributed by atoms with Gasteiger partial charge in [0.1, 0.15) is 11.8 Å². The maximum Gasteiger partial charge on any atom is 0.226 e. The third-order valence-electron chi connectivity index (χ3n) is 3.08. The van der Waals surface area contributed by atoms with Crippen molar-refractivity contribution in [1.82, 2.24) is 20.3 Å². The standard InChI is InChI=1S/C13H9ClN6O/c1-6-10(11(16)12-13(17-6)20-21-19-12)4-8-2-7(14)3-9(5-15)18-8/h2-3H,4,16H2,1H3. The van der Waals surface area contributed by atoms with Gasteiger partial charge in [-0.3, -0.25) is 0 Å². The van der Waals surface area contributed by atoms with E-state index in [0.29, 0.717) is 39.7 Å². The summed E-state index contributed by atoms with van der Waals surface area (Å²) in [5, 5.41) is 16.8. The lowest BCUT2D eigenvalue weighted by atomic mass is 10.0. The Hall–Kier alpha value is -2.72. The molecule has 0 aliphatic carbocycles. The number of nitrogen functional groups attached to an aromatic ring is 1. The van der Waals surface area contributed by atoms with Crippen LogP contribution >= 0.6 is 11.6 Å². The lowest BCUT2D eigenvalue weighted by Gasteiger charge is -2.08. The summed E-state index contributed by atoms with van der Waals surface area (Å²) in [6, 6.07) is 5.16. The first-order chi connectivity index (χ1) is 10.1. The second kappa shape index (κ2) is 5.00. The minimum absolute atomic E-state index is 0.255. The minimum Gasteiger partial charge on any atom is -0.396 e. The van der Waals surface area contributed by atoms with E-state index in [1.807, 2.05) is 13.0 Å². The number of nitriles is 1. The zero-order valence-corrected chi connectivity index (χ0v) is 11.7. The molecule has 0 radical (unpaired) electrons. The van der Waals surface area contributed by atoms with Crippen molar-refractivity contribution in [2.45, 2.75) is 13.3 Å². The molecule has 3 rings (SSSR count). The van der Waals surface area contributed by atoms with Gasteiger partial charge >= 0.3 is 0 Å². The van der Waals surface area contributed by atoms with E-state index in [4.69, 9.17) is 22.6 Å². The monoisotopic (exact) mass is 300 g/mol.